The number of hydrogen-bond acceptors (Lipinski definition) is 0. The van der Waals surface area contributed by atoms with Gasteiger partial charge in [0.2, 0.25) is 0 Å². The van der Waals surface area contributed by atoms with Crippen LogP contribution in [0.15, 0.2) is 0 Å². The van der Waals surface area contributed by atoms with Crippen LogP contribution in [0.25, 0.3) is 0 Å². The first-order valence-corrected chi connectivity index (χ1v) is 6.03. The van der Waals surface area contributed by atoms with Crippen LogP contribution >= 0.6 is 39.7 Å². The van der Waals surface area contributed by atoms with E-state index in [9.17, 15) is 0 Å². The van der Waals surface area contributed by atoms with E-state index in [4.69, 9.17) is 32.0 Å². The van der Waals surface area contributed by atoms with Crippen LogP contribution in [0, 0.1) is 0 Å². The molecule has 0 heterocycles. The van der Waals surface area contributed by atoms with Gasteiger partial charge in [-0.1, -0.05) is 13.8 Å². The van der Waals surface area contributed by atoms with E-state index in [2.05, 4.69) is 0 Å². The molecule has 0 rings (SSSR count). The lowest BCUT2D eigenvalue weighted by atomic mass is 10.6. The zero-order valence-corrected chi connectivity index (χ0v) is 7.20. The maximum absolute atomic E-state index is 5.48. The Bertz CT molecular complexity index is 55.7. The molecule has 0 saturated carbocycles. The summed E-state index contributed by atoms with van der Waals surface area (Å²) in [5.74, 6) is 0. The second-order valence-corrected chi connectivity index (χ2v) is 9.12. The molecule has 0 aromatic carbocycles. The van der Waals surface area contributed by atoms with Gasteiger partial charge in [-0.25, -0.2) is 0 Å². The Morgan fingerprint density at radius 2 is 1.29 bits per heavy atom. The molecule has 0 aliphatic rings. The summed E-state index contributed by atoms with van der Waals surface area (Å²) in [6.45, 7) is 3.78. The molecule has 0 atom stereocenters. The summed E-state index contributed by atoms with van der Waals surface area (Å²) in [7, 11) is 14.6. The average Bonchev–Trinajstić information content (AvgIpc) is 1.31. The van der Waals surface area contributed by atoms with Crippen LogP contribution in [0.1, 0.15) is 13.8 Å². The molecule has 0 aliphatic carbocycles. The Hall–Kier alpha value is 1.22. The average molecular weight is 182 g/mol. The van der Waals surface area contributed by atoms with Gasteiger partial charge in [0.05, 0.1) is 0 Å². The lowest BCUT2D eigenvalue weighted by Gasteiger charge is -2.18. The van der Waals surface area contributed by atoms with Crippen molar-refractivity contribution in [2.45, 2.75) is 19.1 Å². The molecule has 0 aromatic heterocycles. The monoisotopic (exact) mass is 180 g/mol. The maximum atomic E-state index is 5.48. The van der Waals surface area contributed by atoms with Gasteiger partial charge in [-0.3, -0.25) is 0 Å². The summed E-state index contributed by atoms with van der Waals surface area (Å²) in [6, 6.07) is 0. The summed E-state index contributed by atoms with van der Waals surface area (Å²) in [6.07, 6.45) is 0. The van der Waals surface area contributed by atoms with Crippen LogP contribution in [0.5, 0.6) is 0 Å². The largest absolute Gasteiger partial charge is 0.0518 e. The minimum atomic E-state index is -1.82. The van der Waals surface area contributed by atoms with E-state index in [1.165, 1.54) is 0 Å². The standard InChI is InChI=1S/C3H7Cl3S/c1-3(2)7(4,5)6/h3H,1-2H3. The van der Waals surface area contributed by atoms with E-state index >= 15 is 0 Å². The van der Waals surface area contributed by atoms with Crippen LogP contribution in [-0.2, 0) is 0 Å². The van der Waals surface area contributed by atoms with E-state index in [0.29, 0.717) is 0 Å². The first-order chi connectivity index (χ1) is 2.94. The Balaban J connectivity index is 3.54. The predicted molar refractivity (Wildman–Crippen MR) is 40.3 cm³/mol. The quantitative estimate of drug-likeness (QED) is 0.579. The third kappa shape index (κ3) is 3.77. The van der Waals surface area contributed by atoms with Gasteiger partial charge in [0, 0.05) is 5.25 Å². The van der Waals surface area contributed by atoms with Gasteiger partial charge in [0.15, 0.2) is 0 Å². The number of halogens is 3. The highest BCUT2D eigenvalue weighted by Crippen LogP contribution is 2.66. The van der Waals surface area contributed by atoms with Crippen LogP contribution in [0.3, 0.4) is 0 Å². The molecule has 0 amide bonds. The first-order valence-electron chi connectivity index (χ1n) is 1.85. The Kier molecular flexibility index (Phi) is 3.14. The zero-order valence-electron chi connectivity index (χ0n) is 4.12. The Morgan fingerprint density at radius 1 is 1.14 bits per heavy atom. The van der Waals surface area contributed by atoms with Crippen LogP contribution in [0.2, 0.25) is 0 Å². The van der Waals surface area contributed by atoms with Crippen LogP contribution in [-0.4, -0.2) is 5.25 Å². The molecule has 46 valence electrons. The molecule has 0 fully saturated rings. The van der Waals surface area contributed by atoms with Gasteiger partial charge >= 0.3 is 0 Å². The highest BCUT2D eigenvalue weighted by atomic mass is 36.2. The second-order valence-electron chi connectivity index (χ2n) is 1.49. The maximum Gasteiger partial charge on any atom is 0.0221 e. The minimum Gasteiger partial charge on any atom is -0.0518 e. The summed E-state index contributed by atoms with van der Waals surface area (Å²) < 4.78 is 0. The predicted octanol–water partition coefficient (Wildman–Crippen LogP) is 3.66. The Labute approximate surface area is 58.9 Å². The van der Waals surface area contributed by atoms with E-state index in [1.807, 2.05) is 13.8 Å². The van der Waals surface area contributed by atoms with Crippen molar-refractivity contribution in [3.63, 3.8) is 0 Å². The summed E-state index contributed by atoms with van der Waals surface area (Å²) >= 11 is 0. The lowest BCUT2D eigenvalue weighted by Crippen LogP contribution is -1.90. The highest BCUT2D eigenvalue weighted by Gasteiger charge is 2.17. The Morgan fingerprint density at radius 3 is 1.29 bits per heavy atom. The third-order valence-electron chi connectivity index (χ3n) is 0.535. The van der Waals surface area contributed by atoms with E-state index in [-0.39, 0.29) is 5.25 Å². The molecule has 0 bridgehead atoms. The van der Waals surface area contributed by atoms with Gasteiger partial charge in [-0.05, 0) is 39.7 Å². The SMILES string of the molecule is CC(C)S(Cl)(Cl)Cl. The van der Waals surface area contributed by atoms with Gasteiger partial charge < -0.3 is 0 Å². The van der Waals surface area contributed by atoms with Gasteiger partial charge in [-0.2, -0.15) is 0 Å². The number of hydrogen-bond donors (Lipinski definition) is 0. The molecule has 0 N–H and O–H groups in total. The highest BCUT2D eigenvalue weighted by molar-refractivity contribution is 8.79. The molecule has 0 radical (unpaired) electrons. The van der Waals surface area contributed by atoms with Crippen molar-refractivity contribution in [3.8, 4) is 0 Å². The van der Waals surface area contributed by atoms with Gasteiger partial charge in [-0.15, -0.1) is 0 Å². The van der Waals surface area contributed by atoms with Crippen molar-refractivity contribution in [1.29, 1.82) is 0 Å². The van der Waals surface area contributed by atoms with Crippen molar-refractivity contribution < 1.29 is 0 Å². The smallest absolute Gasteiger partial charge is 0.0221 e. The van der Waals surface area contributed by atoms with E-state index in [0.717, 1.165) is 0 Å². The molecular weight excluding hydrogens is 174 g/mol. The van der Waals surface area contributed by atoms with E-state index in [1.54, 1.807) is 0 Å². The van der Waals surface area contributed by atoms with Gasteiger partial charge in [0.1, 0.15) is 0 Å². The summed E-state index contributed by atoms with van der Waals surface area (Å²) in [5.41, 5.74) is 0. The molecule has 0 unspecified atom stereocenters. The number of rotatable bonds is 1. The van der Waals surface area contributed by atoms with Crippen molar-refractivity contribution in [3.05, 3.63) is 0 Å². The molecule has 0 nitrogen and oxygen atoms in total. The third-order valence-corrected chi connectivity index (χ3v) is 4.81. The fourth-order valence-electron chi connectivity index (χ4n) is 0. The van der Waals surface area contributed by atoms with Crippen molar-refractivity contribution in [2.24, 2.45) is 0 Å². The minimum absolute atomic E-state index is 0.178. The normalized spacial score (nSPS) is 15.1. The second kappa shape index (κ2) is 2.67. The van der Waals surface area contributed by atoms with Gasteiger partial charge in [0.25, 0.3) is 0 Å². The molecule has 0 spiro atoms. The fraction of sp³-hybridized carbons (Fsp3) is 1.00. The fourth-order valence-corrected chi connectivity index (χ4v) is 0. The van der Waals surface area contributed by atoms with Crippen LogP contribution in [0.4, 0.5) is 0 Å². The molecular formula is C3H7Cl3S. The van der Waals surface area contributed by atoms with E-state index < -0.39 is 7.67 Å². The molecule has 7 heavy (non-hydrogen) atoms. The lowest BCUT2D eigenvalue weighted by molar-refractivity contribution is 1.12. The van der Waals surface area contributed by atoms with Crippen molar-refractivity contribution >= 4 is 39.7 Å². The molecule has 4 heteroatoms. The molecule has 0 aliphatic heterocycles. The molecule has 0 aromatic rings. The first kappa shape index (κ1) is 8.22. The molecule has 0 saturated heterocycles. The summed E-state index contributed by atoms with van der Waals surface area (Å²) in [4.78, 5) is 0. The topological polar surface area (TPSA) is 0 Å². The van der Waals surface area contributed by atoms with Crippen molar-refractivity contribution in [2.75, 3.05) is 0 Å². The summed E-state index contributed by atoms with van der Waals surface area (Å²) in [5, 5.41) is 0.178. The zero-order chi connectivity index (χ0) is 6.08. The van der Waals surface area contributed by atoms with Crippen molar-refractivity contribution in [1.82, 2.24) is 0 Å². The van der Waals surface area contributed by atoms with Crippen LogP contribution < -0.4 is 0 Å².